The fraction of sp³-hybridized carbons (Fsp3) is 0.636. The van der Waals surface area contributed by atoms with Crippen molar-refractivity contribution >= 4 is 23.6 Å². The van der Waals surface area contributed by atoms with Crippen LogP contribution in [0.1, 0.15) is 28.8 Å². The molecule has 0 saturated carbocycles. The number of hydrogen-bond donors (Lipinski definition) is 1. The molecule has 10 heteroatoms. The van der Waals surface area contributed by atoms with Crippen LogP contribution in [0.25, 0.3) is 0 Å². The number of alkyl halides is 3. The van der Waals surface area contributed by atoms with Crippen molar-refractivity contribution in [2.75, 3.05) is 57.9 Å². The largest absolute Gasteiger partial charge is 0.411 e. The van der Waals surface area contributed by atoms with Crippen molar-refractivity contribution in [1.29, 1.82) is 0 Å². The maximum atomic E-state index is 13.1. The molecular weight excluding hydrogens is 443 g/mol. The molecule has 0 spiro atoms. The number of carbonyl (C=O) groups is 2. The standard InChI is InChI=1S/C22H32F3N3O3S/c1-17-5-3-6-18(15-17)20(29)26-19(7-14-32-2)21(30)28-11-9-27(10-12-28)8-4-13-31-16-22(23,24)25/h3,5-6,15,19H,4,7-14,16H2,1-2H3,(H,26,29). The van der Waals surface area contributed by atoms with E-state index in [2.05, 4.69) is 15.0 Å². The van der Waals surface area contributed by atoms with E-state index in [1.807, 2.05) is 25.3 Å². The van der Waals surface area contributed by atoms with E-state index in [1.54, 1.807) is 28.8 Å². The van der Waals surface area contributed by atoms with Crippen LogP contribution in [0.3, 0.4) is 0 Å². The molecule has 1 fully saturated rings. The first kappa shape index (κ1) is 26.5. The number of rotatable bonds is 11. The molecule has 1 unspecified atom stereocenters. The van der Waals surface area contributed by atoms with Gasteiger partial charge in [-0.1, -0.05) is 17.7 Å². The first-order valence-electron chi connectivity index (χ1n) is 10.7. The second-order valence-electron chi connectivity index (χ2n) is 7.87. The van der Waals surface area contributed by atoms with Crippen molar-refractivity contribution in [3.63, 3.8) is 0 Å². The zero-order valence-electron chi connectivity index (χ0n) is 18.6. The first-order chi connectivity index (χ1) is 15.2. The Kier molecular flexibility index (Phi) is 10.8. The Labute approximate surface area is 191 Å². The lowest BCUT2D eigenvalue weighted by Crippen LogP contribution is -2.55. The van der Waals surface area contributed by atoms with Gasteiger partial charge in [0.2, 0.25) is 5.91 Å². The molecule has 6 nitrogen and oxygen atoms in total. The summed E-state index contributed by atoms with van der Waals surface area (Å²) in [5.41, 5.74) is 1.51. The highest BCUT2D eigenvalue weighted by Gasteiger charge is 2.29. The fourth-order valence-corrected chi connectivity index (χ4v) is 3.98. The maximum absolute atomic E-state index is 13.1. The van der Waals surface area contributed by atoms with Crippen LogP contribution in [0.5, 0.6) is 0 Å². The van der Waals surface area contributed by atoms with Gasteiger partial charge in [0.25, 0.3) is 5.91 Å². The van der Waals surface area contributed by atoms with Crippen LogP contribution in [0.2, 0.25) is 0 Å². The highest BCUT2D eigenvalue weighted by molar-refractivity contribution is 7.98. The van der Waals surface area contributed by atoms with E-state index >= 15 is 0 Å². The Morgan fingerprint density at radius 1 is 1.22 bits per heavy atom. The van der Waals surface area contributed by atoms with E-state index < -0.39 is 18.8 Å². The molecule has 32 heavy (non-hydrogen) atoms. The predicted molar refractivity (Wildman–Crippen MR) is 120 cm³/mol. The van der Waals surface area contributed by atoms with Gasteiger partial charge in [0.1, 0.15) is 12.6 Å². The van der Waals surface area contributed by atoms with E-state index in [4.69, 9.17) is 0 Å². The number of amides is 2. The van der Waals surface area contributed by atoms with Crippen molar-refractivity contribution in [3.8, 4) is 0 Å². The first-order valence-corrected chi connectivity index (χ1v) is 12.1. The molecule has 1 aromatic carbocycles. The van der Waals surface area contributed by atoms with Crippen LogP contribution < -0.4 is 5.32 Å². The summed E-state index contributed by atoms with van der Waals surface area (Å²) in [6, 6.07) is 6.67. The average molecular weight is 476 g/mol. The Morgan fingerprint density at radius 2 is 1.94 bits per heavy atom. The van der Waals surface area contributed by atoms with Crippen molar-refractivity contribution in [2.24, 2.45) is 0 Å². The Balaban J connectivity index is 1.81. The highest BCUT2D eigenvalue weighted by Crippen LogP contribution is 2.15. The monoisotopic (exact) mass is 475 g/mol. The summed E-state index contributed by atoms with van der Waals surface area (Å²) in [5.74, 6) is 0.404. The van der Waals surface area contributed by atoms with Gasteiger partial charge in [0, 0.05) is 44.9 Å². The van der Waals surface area contributed by atoms with Crippen LogP contribution in [-0.4, -0.2) is 91.8 Å². The maximum Gasteiger partial charge on any atom is 0.411 e. The second-order valence-corrected chi connectivity index (χ2v) is 8.85. The molecule has 1 saturated heterocycles. The van der Waals surface area contributed by atoms with Gasteiger partial charge < -0.3 is 15.0 Å². The van der Waals surface area contributed by atoms with E-state index in [0.717, 1.165) is 11.3 Å². The third kappa shape index (κ3) is 9.38. The SMILES string of the molecule is CSCCC(NC(=O)c1cccc(C)c1)C(=O)N1CCN(CCCOCC(F)(F)F)CC1. The molecule has 1 atom stereocenters. The average Bonchev–Trinajstić information content (AvgIpc) is 2.75. The summed E-state index contributed by atoms with van der Waals surface area (Å²) in [4.78, 5) is 29.6. The summed E-state index contributed by atoms with van der Waals surface area (Å²) in [5, 5.41) is 2.90. The van der Waals surface area contributed by atoms with Gasteiger partial charge in [-0.15, -0.1) is 0 Å². The van der Waals surface area contributed by atoms with Crippen molar-refractivity contribution < 1.29 is 27.5 Å². The van der Waals surface area contributed by atoms with E-state index in [0.29, 0.717) is 51.1 Å². The second kappa shape index (κ2) is 13.1. The minimum absolute atomic E-state index is 0.0560. The highest BCUT2D eigenvalue weighted by atomic mass is 32.2. The molecule has 180 valence electrons. The van der Waals surface area contributed by atoms with Gasteiger partial charge in [0.05, 0.1) is 0 Å². The zero-order chi connectivity index (χ0) is 23.6. The number of hydrogen-bond acceptors (Lipinski definition) is 5. The molecule has 1 aliphatic heterocycles. The number of nitrogens with zero attached hydrogens (tertiary/aromatic N) is 2. The van der Waals surface area contributed by atoms with Gasteiger partial charge >= 0.3 is 6.18 Å². The number of carbonyl (C=O) groups excluding carboxylic acids is 2. The van der Waals surface area contributed by atoms with Gasteiger partial charge in [-0.25, -0.2) is 0 Å². The smallest absolute Gasteiger partial charge is 0.372 e. The van der Waals surface area contributed by atoms with Gasteiger partial charge in [0.15, 0.2) is 0 Å². The Bertz CT molecular complexity index is 741. The van der Waals surface area contributed by atoms with E-state index in [9.17, 15) is 22.8 Å². The minimum atomic E-state index is -4.30. The normalized spacial score (nSPS) is 16.1. The number of benzene rings is 1. The Morgan fingerprint density at radius 3 is 2.56 bits per heavy atom. The van der Waals surface area contributed by atoms with Crippen LogP contribution in [0.4, 0.5) is 13.2 Å². The van der Waals surface area contributed by atoms with Crippen molar-refractivity contribution in [3.05, 3.63) is 35.4 Å². The topological polar surface area (TPSA) is 61.9 Å². The number of ether oxygens (including phenoxy) is 1. The lowest BCUT2D eigenvalue weighted by Gasteiger charge is -2.36. The van der Waals surface area contributed by atoms with Gasteiger partial charge in [-0.2, -0.15) is 24.9 Å². The van der Waals surface area contributed by atoms with Crippen molar-refractivity contribution in [1.82, 2.24) is 15.1 Å². The number of halogens is 3. The lowest BCUT2D eigenvalue weighted by atomic mass is 10.1. The lowest BCUT2D eigenvalue weighted by molar-refractivity contribution is -0.174. The number of piperazine rings is 1. The van der Waals surface area contributed by atoms with Crippen LogP contribution in [-0.2, 0) is 9.53 Å². The fourth-order valence-electron chi connectivity index (χ4n) is 3.51. The zero-order valence-corrected chi connectivity index (χ0v) is 19.4. The van der Waals surface area contributed by atoms with Crippen LogP contribution >= 0.6 is 11.8 Å². The molecule has 1 heterocycles. The van der Waals surface area contributed by atoms with Crippen LogP contribution in [0.15, 0.2) is 24.3 Å². The quantitative estimate of drug-likeness (QED) is 0.499. The minimum Gasteiger partial charge on any atom is -0.372 e. The van der Waals surface area contributed by atoms with Crippen LogP contribution in [0, 0.1) is 6.92 Å². The number of thioether (sulfide) groups is 1. The third-order valence-corrected chi connectivity index (χ3v) is 5.85. The summed E-state index contributed by atoms with van der Waals surface area (Å²) < 4.78 is 40.9. The third-order valence-electron chi connectivity index (χ3n) is 5.21. The molecule has 0 aliphatic carbocycles. The molecular formula is C22H32F3N3O3S. The summed E-state index contributed by atoms with van der Waals surface area (Å²) in [7, 11) is 0. The summed E-state index contributed by atoms with van der Waals surface area (Å²) in [6.07, 6.45) is -1.28. The molecule has 2 amide bonds. The number of nitrogens with one attached hydrogen (secondary N) is 1. The molecule has 1 N–H and O–H groups in total. The van der Waals surface area contributed by atoms with Gasteiger partial charge in [-0.05, 0) is 43.9 Å². The molecule has 1 aromatic rings. The van der Waals surface area contributed by atoms with E-state index in [1.165, 1.54) is 0 Å². The number of aryl methyl sites for hydroxylation is 1. The van der Waals surface area contributed by atoms with E-state index in [-0.39, 0.29) is 18.4 Å². The van der Waals surface area contributed by atoms with Gasteiger partial charge in [-0.3, -0.25) is 14.5 Å². The molecule has 2 rings (SSSR count). The summed E-state index contributed by atoms with van der Waals surface area (Å²) in [6.45, 7) is 3.71. The molecule has 0 radical (unpaired) electrons. The molecule has 0 bridgehead atoms. The predicted octanol–water partition coefficient (Wildman–Crippen LogP) is 2.96. The summed E-state index contributed by atoms with van der Waals surface area (Å²) >= 11 is 1.62. The molecule has 0 aromatic heterocycles. The van der Waals surface area contributed by atoms with Crippen molar-refractivity contribution in [2.45, 2.75) is 32.0 Å². The Hall–Kier alpha value is -1.78. The molecule has 1 aliphatic rings.